The van der Waals surface area contributed by atoms with Crippen LogP contribution in [0.25, 0.3) is 0 Å². The minimum atomic E-state index is 0.631. The fourth-order valence-corrected chi connectivity index (χ4v) is 3.16. The Morgan fingerprint density at radius 3 is 2.47 bits per heavy atom. The summed E-state index contributed by atoms with van der Waals surface area (Å²) < 4.78 is 5.48. The minimum Gasteiger partial charge on any atom is -0.494 e. The molecule has 0 heterocycles. The Bertz CT molecular complexity index is 371. The highest BCUT2D eigenvalue weighted by atomic mass is 16.5. The van der Waals surface area contributed by atoms with Gasteiger partial charge in [0.15, 0.2) is 0 Å². The molecular weight excluding hydrogens is 234 g/mol. The molecule has 1 N–H and O–H groups in total. The standard InChI is InChI=1S/C17H27NO/c1-4-19-15-11-9-14(10-12-15)18-17-8-6-5-7-16(17)13(2)3/h9-13,16-18H,4-8H2,1-3H3. The van der Waals surface area contributed by atoms with Crippen molar-refractivity contribution in [3.8, 4) is 5.75 Å². The normalized spacial score (nSPS) is 23.4. The quantitative estimate of drug-likeness (QED) is 0.828. The van der Waals surface area contributed by atoms with E-state index in [0.717, 1.165) is 24.2 Å². The van der Waals surface area contributed by atoms with Crippen LogP contribution in [0, 0.1) is 11.8 Å². The van der Waals surface area contributed by atoms with Crippen LogP contribution in [0.15, 0.2) is 24.3 Å². The molecule has 0 aromatic heterocycles. The van der Waals surface area contributed by atoms with Crippen molar-refractivity contribution in [1.82, 2.24) is 0 Å². The summed E-state index contributed by atoms with van der Waals surface area (Å²) in [5.41, 5.74) is 1.22. The van der Waals surface area contributed by atoms with Crippen LogP contribution in [0.2, 0.25) is 0 Å². The first-order chi connectivity index (χ1) is 9.20. The van der Waals surface area contributed by atoms with Gasteiger partial charge in [0, 0.05) is 11.7 Å². The van der Waals surface area contributed by atoms with E-state index in [0.29, 0.717) is 6.04 Å². The van der Waals surface area contributed by atoms with Gasteiger partial charge in [0.25, 0.3) is 0 Å². The van der Waals surface area contributed by atoms with Gasteiger partial charge in [-0.15, -0.1) is 0 Å². The summed E-state index contributed by atoms with van der Waals surface area (Å²) in [7, 11) is 0. The third-order valence-corrected chi connectivity index (χ3v) is 4.19. The highest BCUT2D eigenvalue weighted by molar-refractivity contribution is 5.47. The Labute approximate surface area is 117 Å². The molecule has 2 unspecified atom stereocenters. The second-order valence-electron chi connectivity index (χ2n) is 5.90. The highest BCUT2D eigenvalue weighted by Gasteiger charge is 2.27. The van der Waals surface area contributed by atoms with E-state index in [2.05, 4.69) is 43.4 Å². The molecule has 106 valence electrons. The van der Waals surface area contributed by atoms with E-state index in [1.165, 1.54) is 31.4 Å². The molecule has 1 aliphatic carbocycles. The molecule has 0 bridgehead atoms. The van der Waals surface area contributed by atoms with Crippen molar-refractivity contribution in [2.24, 2.45) is 11.8 Å². The van der Waals surface area contributed by atoms with Gasteiger partial charge in [-0.05, 0) is 55.9 Å². The van der Waals surface area contributed by atoms with Gasteiger partial charge in [-0.2, -0.15) is 0 Å². The maximum Gasteiger partial charge on any atom is 0.119 e. The van der Waals surface area contributed by atoms with Crippen molar-refractivity contribution in [3.63, 3.8) is 0 Å². The summed E-state index contributed by atoms with van der Waals surface area (Å²) in [5, 5.41) is 3.73. The molecule has 1 aromatic rings. The Morgan fingerprint density at radius 2 is 1.84 bits per heavy atom. The highest BCUT2D eigenvalue weighted by Crippen LogP contribution is 2.32. The average Bonchev–Trinajstić information content (AvgIpc) is 2.42. The van der Waals surface area contributed by atoms with E-state index in [4.69, 9.17) is 4.74 Å². The number of rotatable bonds is 5. The van der Waals surface area contributed by atoms with Crippen LogP contribution in [0.4, 0.5) is 5.69 Å². The van der Waals surface area contributed by atoms with E-state index in [9.17, 15) is 0 Å². The number of benzene rings is 1. The molecular formula is C17H27NO. The van der Waals surface area contributed by atoms with E-state index >= 15 is 0 Å². The Kier molecular flexibility index (Phi) is 5.12. The maximum absolute atomic E-state index is 5.48. The lowest BCUT2D eigenvalue weighted by Gasteiger charge is -2.35. The summed E-state index contributed by atoms with van der Waals surface area (Å²) in [4.78, 5) is 0. The van der Waals surface area contributed by atoms with Crippen LogP contribution in [-0.4, -0.2) is 12.6 Å². The first-order valence-corrected chi connectivity index (χ1v) is 7.70. The fourth-order valence-electron chi connectivity index (χ4n) is 3.16. The molecule has 2 atom stereocenters. The molecule has 0 radical (unpaired) electrons. The van der Waals surface area contributed by atoms with E-state index in [1.54, 1.807) is 0 Å². The number of hydrogen-bond donors (Lipinski definition) is 1. The van der Waals surface area contributed by atoms with Gasteiger partial charge in [-0.3, -0.25) is 0 Å². The largest absolute Gasteiger partial charge is 0.494 e. The molecule has 2 heteroatoms. The van der Waals surface area contributed by atoms with Crippen LogP contribution < -0.4 is 10.1 Å². The number of anilines is 1. The third-order valence-electron chi connectivity index (χ3n) is 4.19. The van der Waals surface area contributed by atoms with Gasteiger partial charge in [-0.25, -0.2) is 0 Å². The van der Waals surface area contributed by atoms with Crippen LogP contribution in [0.3, 0.4) is 0 Å². The molecule has 1 aliphatic rings. The minimum absolute atomic E-state index is 0.631. The smallest absolute Gasteiger partial charge is 0.119 e. The second kappa shape index (κ2) is 6.83. The first-order valence-electron chi connectivity index (χ1n) is 7.70. The molecule has 19 heavy (non-hydrogen) atoms. The fraction of sp³-hybridized carbons (Fsp3) is 0.647. The second-order valence-corrected chi connectivity index (χ2v) is 5.90. The monoisotopic (exact) mass is 261 g/mol. The summed E-state index contributed by atoms with van der Waals surface area (Å²) >= 11 is 0. The summed E-state index contributed by atoms with van der Waals surface area (Å²) in [6.07, 6.45) is 5.42. The zero-order chi connectivity index (χ0) is 13.7. The SMILES string of the molecule is CCOc1ccc(NC2CCCCC2C(C)C)cc1. The zero-order valence-electron chi connectivity index (χ0n) is 12.5. The molecule has 0 aliphatic heterocycles. The van der Waals surface area contributed by atoms with Gasteiger partial charge >= 0.3 is 0 Å². The van der Waals surface area contributed by atoms with Crippen molar-refractivity contribution >= 4 is 5.69 Å². The Morgan fingerprint density at radius 1 is 1.16 bits per heavy atom. The zero-order valence-corrected chi connectivity index (χ0v) is 12.5. The molecule has 1 fully saturated rings. The van der Waals surface area contributed by atoms with Crippen LogP contribution in [0.1, 0.15) is 46.5 Å². The lowest BCUT2D eigenvalue weighted by atomic mass is 9.78. The molecule has 0 saturated heterocycles. The molecule has 2 nitrogen and oxygen atoms in total. The van der Waals surface area contributed by atoms with Crippen molar-refractivity contribution < 1.29 is 4.74 Å². The van der Waals surface area contributed by atoms with Gasteiger partial charge < -0.3 is 10.1 Å². The van der Waals surface area contributed by atoms with Crippen molar-refractivity contribution in [1.29, 1.82) is 0 Å². The van der Waals surface area contributed by atoms with Crippen molar-refractivity contribution in [2.45, 2.75) is 52.5 Å². The van der Waals surface area contributed by atoms with E-state index < -0.39 is 0 Å². The lowest BCUT2D eigenvalue weighted by Crippen LogP contribution is -2.35. The summed E-state index contributed by atoms with van der Waals surface area (Å²) in [6.45, 7) is 7.44. The molecule has 1 aromatic carbocycles. The predicted octanol–water partition coefficient (Wildman–Crippen LogP) is 4.71. The topological polar surface area (TPSA) is 21.3 Å². The lowest BCUT2D eigenvalue weighted by molar-refractivity contribution is 0.254. The first kappa shape index (κ1) is 14.2. The van der Waals surface area contributed by atoms with Crippen molar-refractivity contribution in [2.75, 3.05) is 11.9 Å². The molecule has 0 spiro atoms. The van der Waals surface area contributed by atoms with Gasteiger partial charge in [0.05, 0.1) is 6.61 Å². The van der Waals surface area contributed by atoms with Gasteiger partial charge in [0.1, 0.15) is 5.75 Å². The maximum atomic E-state index is 5.48. The number of ether oxygens (including phenoxy) is 1. The average molecular weight is 261 g/mol. The van der Waals surface area contributed by atoms with Crippen molar-refractivity contribution in [3.05, 3.63) is 24.3 Å². The van der Waals surface area contributed by atoms with E-state index in [1.807, 2.05) is 6.92 Å². The number of nitrogens with one attached hydrogen (secondary N) is 1. The molecule has 2 rings (SSSR count). The predicted molar refractivity (Wildman–Crippen MR) is 81.8 cm³/mol. The molecule has 1 saturated carbocycles. The number of hydrogen-bond acceptors (Lipinski definition) is 2. The molecule has 0 amide bonds. The van der Waals surface area contributed by atoms with Crippen LogP contribution in [0.5, 0.6) is 5.75 Å². The van der Waals surface area contributed by atoms with Gasteiger partial charge in [-0.1, -0.05) is 26.7 Å². The van der Waals surface area contributed by atoms with Crippen LogP contribution in [-0.2, 0) is 0 Å². The van der Waals surface area contributed by atoms with E-state index in [-0.39, 0.29) is 0 Å². The van der Waals surface area contributed by atoms with Crippen LogP contribution >= 0.6 is 0 Å². The summed E-state index contributed by atoms with van der Waals surface area (Å²) in [6, 6.07) is 9.01. The van der Waals surface area contributed by atoms with Gasteiger partial charge in [0.2, 0.25) is 0 Å². The summed E-state index contributed by atoms with van der Waals surface area (Å²) in [5.74, 6) is 2.53. The third kappa shape index (κ3) is 3.89. The Hall–Kier alpha value is -1.18. The Balaban J connectivity index is 1.98.